The number of benzene rings is 1. The van der Waals surface area contributed by atoms with Crippen molar-refractivity contribution in [2.24, 2.45) is 0 Å². The molecule has 0 atom stereocenters. The van der Waals surface area contributed by atoms with Crippen molar-refractivity contribution in [1.82, 2.24) is 0 Å². The van der Waals surface area contributed by atoms with Gasteiger partial charge in [-0.15, -0.1) is 0 Å². The van der Waals surface area contributed by atoms with E-state index in [0.29, 0.717) is 12.2 Å². The van der Waals surface area contributed by atoms with Gasteiger partial charge in [-0.25, -0.2) is 4.79 Å². The largest absolute Gasteiger partial charge is 0.462 e. The summed E-state index contributed by atoms with van der Waals surface area (Å²) in [5.74, 6) is -0.232. The number of esters is 1. The molecule has 1 rings (SSSR count). The molecule has 0 heterocycles. The third-order valence-corrected chi connectivity index (χ3v) is 2.44. The van der Waals surface area contributed by atoms with Gasteiger partial charge in [-0.2, -0.15) is 0 Å². The molecule has 0 aliphatic carbocycles. The van der Waals surface area contributed by atoms with Gasteiger partial charge in [0.05, 0.1) is 12.2 Å². The highest BCUT2D eigenvalue weighted by Gasteiger charge is 2.08. The summed E-state index contributed by atoms with van der Waals surface area (Å²) in [7, 11) is 0. The number of halogens is 1. The minimum Gasteiger partial charge on any atom is -0.462 e. The van der Waals surface area contributed by atoms with Gasteiger partial charge in [0.1, 0.15) is 0 Å². The first-order chi connectivity index (χ1) is 6.75. The van der Waals surface area contributed by atoms with Gasteiger partial charge in [-0.1, -0.05) is 34.1 Å². The lowest BCUT2D eigenvalue weighted by molar-refractivity contribution is 0.0506. The van der Waals surface area contributed by atoms with Gasteiger partial charge in [-0.05, 0) is 25.0 Å². The maximum Gasteiger partial charge on any atom is 0.338 e. The fourth-order valence-corrected chi connectivity index (χ4v) is 1.33. The van der Waals surface area contributed by atoms with E-state index >= 15 is 0 Å². The van der Waals surface area contributed by atoms with E-state index in [9.17, 15) is 4.79 Å². The molecule has 0 aliphatic rings. The van der Waals surface area contributed by atoms with Gasteiger partial charge in [0.15, 0.2) is 0 Å². The number of rotatable bonds is 4. The van der Waals surface area contributed by atoms with E-state index < -0.39 is 0 Å². The summed E-state index contributed by atoms with van der Waals surface area (Å²) in [6.07, 6.45) is 0.845. The number of hydrogen-bond acceptors (Lipinski definition) is 2. The van der Waals surface area contributed by atoms with Crippen LogP contribution < -0.4 is 0 Å². The van der Waals surface area contributed by atoms with Crippen LogP contribution in [0.2, 0.25) is 0 Å². The number of carbonyl (C=O) groups excluding carboxylic acids is 1. The Hall–Kier alpha value is -0.830. The smallest absolute Gasteiger partial charge is 0.338 e. The first-order valence-electron chi connectivity index (χ1n) is 4.54. The molecule has 1 aromatic carbocycles. The highest BCUT2D eigenvalue weighted by atomic mass is 79.9. The Bertz CT molecular complexity index is 310. The van der Waals surface area contributed by atoms with Gasteiger partial charge in [-0.3, -0.25) is 0 Å². The van der Waals surface area contributed by atoms with Gasteiger partial charge in [0.25, 0.3) is 0 Å². The maximum atomic E-state index is 11.5. The predicted molar refractivity (Wildman–Crippen MR) is 59.9 cm³/mol. The van der Waals surface area contributed by atoms with Crippen molar-refractivity contribution in [1.29, 1.82) is 0 Å². The molecule has 0 amide bonds. The van der Waals surface area contributed by atoms with Gasteiger partial charge < -0.3 is 4.74 Å². The quantitative estimate of drug-likeness (QED) is 0.471. The Kier molecular flexibility index (Phi) is 4.66. The third-order valence-electron chi connectivity index (χ3n) is 1.88. The van der Waals surface area contributed by atoms with E-state index in [1.807, 2.05) is 25.1 Å². The monoisotopic (exact) mass is 256 g/mol. The fraction of sp³-hybridized carbons (Fsp3) is 0.364. The van der Waals surface area contributed by atoms with Crippen molar-refractivity contribution in [2.45, 2.75) is 13.3 Å². The molecule has 2 nitrogen and oxygen atoms in total. The molecule has 3 heteroatoms. The Balaban J connectivity index is 2.56. The Morgan fingerprint density at radius 3 is 2.79 bits per heavy atom. The lowest BCUT2D eigenvalue weighted by atomic mass is 10.1. The molecule has 76 valence electrons. The van der Waals surface area contributed by atoms with Crippen molar-refractivity contribution in [3.8, 4) is 0 Å². The van der Waals surface area contributed by atoms with Crippen LogP contribution in [0.5, 0.6) is 0 Å². The van der Waals surface area contributed by atoms with Crippen molar-refractivity contribution in [3.05, 3.63) is 35.4 Å². The highest BCUT2D eigenvalue weighted by molar-refractivity contribution is 9.09. The maximum absolute atomic E-state index is 11.5. The average molecular weight is 257 g/mol. The molecule has 0 N–H and O–H groups in total. The first kappa shape index (κ1) is 11.2. The van der Waals surface area contributed by atoms with Gasteiger partial charge in [0, 0.05) is 5.33 Å². The summed E-state index contributed by atoms with van der Waals surface area (Å²) in [5, 5.41) is 0.855. The van der Waals surface area contributed by atoms with Crippen LogP contribution >= 0.6 is 15.9 Å². The van der Waals surface area contributed by atoms with Crippen molar-refractivity contribution >= 4 is 21.9 Å². The Morgan fingerprint density at radius 1 is 1.43 bits per heavy atom. The number of hydrogen-bond donors (Lipinski definition) is 0. The van der Waals surface area contributed by atoms with Crippen LogP contribution in [0.4, 0.5) is 0 Å². The van der Waals surface area contributed by atoms with Crippen molar-refractivity contribution < 1.29 is 9.53 Å². The van der Waals surface area contributed by atoms with Crippen molar-refractivity contribution in [3.63, 3.8) is 0 Å². The topological polar surface area (TPSA) is 26.3 Å². The molecule has 0 radical (unpaired) electrons. The second-order valence-corrected chi connectivity index (χ2v) is 3.79. The molecule has 0 saturated heterocycles. The van der Waals surface area contributed by atoms with E-state index in [2.05, 4.69) is 15.9 Å². The van der Waals surface area contributed by atoms with Crippen LogP contribution in [0, 0.1) is 6.92 Å². The molecule has 0 bridgehead atoms. The van der Waals surface area contributed by atoms with Gasteiger partial charge in [0.2, 0.25) is 0 Å². The van der Waals surface area contributed by atoms with Crippen LogP contribution in [-0.2, 0) is 4.74 Å². The summed E-state index contributed by atoms with van der Waals surface area (Å²) in [6, 6.07) is 7.44. The van der Waals surface area contributed by atoms with Gasteiger partial charge >= 0.3 is 5.97 Å². The highest BCUT2D eigenvalue weighted by Crippen LogP contribution is 2.08. The van der Waals surface area contributed by atoms with Crippen LogP contribution in [0.25, 0.3) is 0 Å². The molecule has 14 heavy (non-hydrogen) atoms. The zero-order chi connectivity index (χ0) is 10.4. The zero-order valence-corrected chi connectivity index (χ0v) is 9.71. The van der Waals surface area contributed by atoms with Crippen LogP contribution in [0.3, 0.4) is 0 Å². The minimum absolute atomic E-state index is 0.232. The van der Waals surface area contributed by atoms with Crippen molar-refractivity contribution in [2.75, 3.05) is 11.9 Å². The average Bonchev–Trinajstić information content (AvgIpc) is 2.18. The summed E-state index contributed by atoms with van der Waals surface area (Å²) in [6.45, 7) is 2.37. The summed E-state index contributed by atoms with van der Waals surface area (Å²) in [5.41, 5.74) is 1.61. The molecule has 0 aliphatic heterocycles. The van der Waals surface area contributed by atoms with Crippen LogP contribution in [0.15, 0.2) is 24.3 Å². The minimum atomic E-state index is -0.232. The second kappa shape index (κ2) is 5.81. The molecule has 0 saturated carbocycles. The van der Waals surface area contributed by atoms with Crippen LogP contribution in [-0.4, -0.2) is 17.9 Å². The molecule has 0 aromatic heterocycles. The second-order valence-electron chi connectivity index (χ2n) is 2.99. The third kappa shape index (κ3) is 3.14. The summed E-state index contributed by atoms with van der Waals surface area (Å²) < 4.78 is 5.08. The molecule has 0 fully saturated rings. The predicted octanol–water partition coefficient (Wildman–Crippen LogP) is 2.94. The Labute approximate surface area is 92.4 Å². The lowest BCUT2D eigenvalue weighted by Crippen LogP contribution is -2.08. The standard InChI is InChI=1S/C11H13BrO2/c1-9-5-2-3-6-10(9)11(13)14-8-4-7-12/h2-3,5-6H,4,7-8H2,1H3. The van der Waals surface area contributed by atoms with E-state index in [1.165, 1.54) is 0 Å². The van der Waals surface area contributed by atoms with E-state index in [1.54, 1.807) is 6.07 Å². The molecule has 1 aromatic rings. The van der Waals surface area contributed by atoms with E-state index in [-0.39, 0.29) is 5.97 Å². The molecular weight excluding hydrogens is 244 g/mol. The number of aryl methyl sites for hydroxylation is 1. The summed E-state index contributed by atoms with van der Waals surface area (Å²) in [4.78, 5) is 11.5. The van der Waals surface area contributed by atoms with Crippen LogP contribution in [0.1, 0.15) is 22.3 Å². The zero-order valence-electron chi connectivity index (χ0n) is 8.13. The molecule has 0 unspecified atom stereocenters. The number of carbonyl (C=O) groups is 1. The van der Waals surface area contributed by atoms with E-state index in [0.717, 1.165) is 17.3 Å². The first-order valence-corrected chi connectivity index (χ1v) is 5.66. The Morgan fingerprint density at radius 2 is 2.14 bits per heavy atom. The lowest BCUT2D eigenvalue weighted by Gasteiger charge is -2.05. The number of ether oxygens (including phenoxy) is 1. The molecular formula is C11H13BrO2. The number of alkyl halides is 1. The SMILES string of the molecule is Cc1ccccc1C(=O)OCCCBr. The van der Waals surface area contributed by atoms with E-state index in [4.69, 9.17) is 4.74 Å². The fourth-order valence-electron chi connectivity index (χ4n) is 1.10. The summed E-state index contributed by atoms with van der Waals surface area (Å²) >= 11 is 3.28. The normalized spacial score (nSPS) is 9.86. The molecule has 0 spiro atoms.